The zero-order valence-electron chi connectivity index (χ0n) is 39.1. The van der Waals surface area contributed by atoms with Crippen LogP contribution in [0.15, 0.2) is 182 Å². The van der Waals surface area contributed by atoms with Crippen molar-refractivity contribution >= 4 is 17.1 Å². The van der Waals surface area contributed by atoms with Crippen molar-refractivity contribution in [1.82, 2.24) is 0 Å². The third-order valence-electron chi connectivity index (χ3n) is 17.0. The molecule has 322 valence electrons. The highest BCUT2D eigenvalue weighted by atomic mass is 15.1. The highest BCUT2D eigenvalue weighted by Gasteiger charge is 2.52. The van der Waals surface area contributed by atoms with Gasteiger partial charge in [0, 0.05) is 27.8 Å². The molecule has 0 N–H and O–H groups in total. The average molecular weight is 860 g/mol. The van der Waals surface area contributed by atoms with Crippen molar-refractivity contribution in [2.45, 2.75) is 76.5 Å². The lowest BCUT2D eigenvalue weighted by molar-refractivity contribution is 0.660. The third kappa shape index (κ3) is 5.10. The second kappa shape index (κ2) is 13.7. The van der Waals surface area contributed by atoms with Crippen LogP contribution in [0.1, 0.15) is 102 Å². The molecule has 0 saturated heterocycles. The van der Waals surface area contributed by atoms with Crippen LogP contribution in [0, 0.1) is 6.92 Å². The van der Waals surface area contributed by atoms with Crippen LogP contribution < -0.4 is 4.90 Å². The van der Waals surface area contributed by atoms with Crippen LogP contribution in [-0.2, 0) is 29.1 Å². The van der Waals surface area contributed by atoms with Gasteiger partial charge in [-0.15, -0.1) is 0 Å². The van der Waals surface area contributed by atoms with Crippen molar-refractivity contribution < 1.29 is 0 Å². The van der Waals surface area contributed by atoms with Gasteiger partial charge in [-0.25, -0.2) is 0 Å². The summed E-state index contributed by atoms with van der Waals surface area (Å²) in [7, 11) is 0. The van der Waals surface area contributed by atoms with Crippen molar-refractivity contribution in [3.05, 3.63) is 243 Å². The lowest BCUT2D eigenvalue weighted by Crippen LogP contribution is -2.26. The fourth-order valence-corrected chi connectivity index (χ4v) is 13.8. The van der Waals surface area contributed by atoms with Crippen LogP contribution >= 0.6 is 0 Å². The average Bonchev–Trinajstić information content (AvgIpc) is 3.98. The van der Waals surface area contributed by atoms with Crippen LogP contribution in [0.4, 0.5) is 17.1 Å². The van der Waals surface area contributed by atoms with E-state index in [1.807, 2.05) is 0 Å². The first-order chi connectivity index (χ1) is 32.7. The fraction of sp³-hybridized carbons (Fsp3) is 0.182. The third-order valence-corrected chi connectivity index (χ3v) is 17.0. The first-order valence-corrected chi connectivity index (χ1v) is 24.6. The molecule has 0 unspecified atom stereocenters. The van der Waals surface area contributed by atoms with E-state index < -0.39 is 5.41 Å². The Bertz CT molecular complexity index is 3460. The largest absolute Gasteiger partial charge is 0.310 e. The summed E-state index contributed by atoms with van der Waals surface area (Å²) >= 11 is 0. The van der Waals surface area contributed by atoms with Gasteiger partial charge >= 0.3 is 0 Å². The number of anilines is 3. The summed E-state index contributed by atoms with van der Waals surface area (Å²) in [4.78, 5) is 2.65. The summed E-state index contributed by atoms with van der Waals surface area (Å²) < 4.78 is 0. The summed E-state index contributed by atoms with van der Waals surface area (Å²) in [6.07, 6.45) is 4.80. The summed E-state index contributed by atoms with van der Waals surface area (Å²) in [5, 5.41) is 0. The van der Waals surface area contributed by atoms with Gasteiger partial charge in [0.1, 0.15) is 0 Å². The maximum absolute atomic E-state index is 2.65. The highest BCUT2D eigenvalue weighted by molar-refractivity contribution is 6.01. The van der Waals surface area contributed by atoms with E-state index in [4.69, 9.17) is 0 Å². The molecular weight excluding hydrogens is 807 g/mol. The van der Waals surface area contributed by atoms with Gasteiger partial charge < -0.3 is 4.90 Å². The van der Waals surface area contributed by atoms with E-state index >= 15 is 0 Å². The van der Waals surface area contributed by atoms with Gasteiger partial charge in [0.2, 0.25) is 0 Å². The summed E-state index contributed by atoms with van der Waals surface area (Å²) in [5.41, 5.74) is 31.4. The molecule has 5 aliphatic rings. The molecule has 0 saturated carbocycles. The minimum absolute atomic E-state index is 0.159. The fourth-order valence-electron chi connectivity index (χ4n) is 13.8. The first-order valence-electron chi connectivity index (χ1n) is 24.6. The molecule has 1 heteroatoms. The standard InChI is InChI=1S/C66H53N/c1-40-34-41-18-6-7-19-42(41)35-52(40)54-38-53-49-24-12-17-29-59(49)66(57-27-15-10-22-47(57)48-23-11-16-28-58(48)66)62(53)39-63(54)67(43-30-32-50-45-20-8-13-25-55(45)64(2,3)60(50)36-43)44-31-33-51-46-21-9-14-26-56(46)65(4,5)61(51)37-44/h8-17,20-39H,6-7,18-19H2,1-5H3. The predicted octanol–water partition coefficient (Wildman–Crippen LogP) is 17.0. The van der Waals surface area contributed by atoms with Crippen molar-refractivity contribution in [3.8, 4) is 55.6 Å². The lowest BCUT2D eigenvalue weighted by Gasteiger charge is -2.34. The molecule has 0 amide bonds. The summed E-state index contributed by atoms with van der Waals surface area (Å²) in [6.45, 7) is 12.0. The molecule has 0 aromatic heterocycles. The zero-order chi connectivity index (χ0) is 45.0. The number of fused-ring (bicyclic) bond motifs is 17. The Balaban J connectivity index is 1.11. The molecule has 0 atom stereocenters. The van der Waals surface area contributed by atoms with Crippen LogP contribution in [0.2, 0.25) is 0 Å². The molecule has 0 heterocycles. The van der Waals surface area contributed by atoms with E-state index in [9.17, 15) is 0 Å². The molecule has 0 aliphatic heterocycles. The van der Waals surface area contributed by atoms with E-state index in [0.717, 1.165) is 12.8 Å². The topological polar surface area (TPSA) is 3.24 Å². The van der Waals surface area contributed by atoms with E-state index in [0.29, 0.717) is 0 Å². The number of nitrogens with zero attached hydrogens (tertiary/aromatic N) is 1. The molecule has 5 aliphatic carbocycles. The minimum Gasteiger partial charge on any atom is -0.310 e. The summed E-state index contributed by atoms with van der Waals surface area (Å²) in [5.74, 6) is 0. The molecule has 0 fully saturated rings. The maximum Gasteiger partial charge on any atom is 0.0726 e. The Morgan fingerprint density at radius 1 is 0.328 bits per heavy atom. The van der Waals surface area contributed by atoms with Gasteiger partial charge in [-0.1, -0.05) is 173 Å². The van der Waals surface area contributed by atoms with Crippen LogP contribution in [0.25, 0.3) is 55.6 Å². The van der Waals surface area contributed by atoms with E-state index in [1.165, 1.54) is 147 Å². The van der Waals surface area contributed by atoms with Crippen molar-refractivity contribution in [3.63, 3.8) is 0 Å². The monoisotopic (exact) mass is 859 g/mol. The van der Waals surface area contributed by atoms with Gasteiger partial charge in [-0.3, -0.25) is 0 Å². The molecule has 14 rings (SSSR count). The lowest BCUT2D eigenvalue weighted by atomic mass is 9.70. The molecule has 1 spiro atoms. The van der Waals surface area contributed by atoms with Gasteiger partial charge in [-0.2, -0.15) is 0 Å². The molecule has 0 radical (unpaired) electrons. The highest BCUT2D eigenvalue weighted by Crippen LogP contribution is 2.65. The molecule has 0 bridgehead atoms. The number of hydrogen-bond acceptors (Lipinski definition) is 1. The zero-order valence-corrected chi connectivity index (χ0v) is 39.1. The Morgan fingerprint density at radius 3 is 1.22 bits per heavy atom. The van der Waals surface area contributed by atoms with Crippen molar-refractivity contribution in [1.29, 1.82) is 0 Å². The number of benzene rings is 9. The SMILES string of the molecule is Cc1cc2c(cc1-c1cc3c(cc1N(c1ccc4c(c1)C(C)(C)c1ccccc1-4)c1ccc4c(c1)C(C)(C)c1ccccc1-4)C1(c4ccccc4-c4ccccc41)c1ccccc1-3)CCCC2. The Hall–Kier alpha value is -7.22. The number of hydrogen-bond donors (Lipinski definition) is 0. The Labute approximate surface area is 395 Å². The van der Waals surface area contributed by atoms with Crippen LogP contribution in [0.5, 0.6) is 0 Å². The van der Waals surface area contributed by atoms with Gasteiger partial charge in [0.05, 0.1) is 11.1 Å². The van der Waals surface area contributed by atoms with Gasteiger partial charge in [0.15, 0.2) is 0 Å². The maximum atomic E-state index is 2.65. The minimum atomic E-state index is -0.480. The molecule has 9 aromatic carbocycles. The van der Waals surface area contributed by atoms with E-state index in [2.05, 4.69) is 222 Å². The Kier molecular flexibility index (Phi) is 7.96. The summed E-state index contributed by atoms with van der Waals surface area (Å²) in [6, 6.07) is 70.9. The second-order valence-corrected chi connectivity index (χ2v) is 21.1. The smallest absolute Gasteiger partial charge is 0.0726 e. The normalized spacial score (nSPS) is 16.3. The van der Waals surface area contributed by atoms with Crippen molar-refractivity contribution in [2.24, 2.45) is 0 Å². The second-order valence-electron chi connectivity index (χ2n) is 21.1. The molecule has 9 aromatic rings. The number of rotatable bonds is 4. The first kappa shape index (κ1) is 39.0. The van der Waals surface area contributed by atoms with E-state index in [-0.39, 0.29) is 10.8 Å². The quantitative estimate of drug-likeness (QED) is 0.170. The van der Waals surface area contributed by atoms with E-state index in [1.54, 1.807) is 0 Å². The molecule has 67 heavy (non-hydrogen) atoms. The molecule has 1 nitrogen and oxygen atoms in total. The van der Waals surface area contributed by atoms with Gasteiger partial charge in [0.25, 0.3) is 0 Å². The number of aryl methyl sites for hydroxylation is 3. The predicted molar refractivity (Wildman–Crippen MR) is 279 cm³/mol. The van der Waals surface area contributed by atoms with Crippen molar-refractivity contribution in [2.75, 3.05) is 4.90 Å². The van der Waals surface area contributed by atoms with Gasteiger partial charge in [-0.05, 0) is 180 Å². The van der Waals surface area contributed by atoms with Crippen LogP contribution in [0.3, 0.4) is 0 Å². The Morgan fingerprint density at radius 2 is 0.731 bits per heavy atom. The molecular formula is C66H53N. The van der Waals surface area contributed by atoms with Crippen LogP contribution in [-0.4, -0.2) is 0 Å².